The molecule has 0 saturated carbocycles. The van der Waals surface area contributed by atoms with Crippen LogP contribution in [0.1, 0.15) is 24.3 Å². The molecule has 0 aromatic carbocycles. The Bertz CT molecular complexity index is 855. The Hall–Kier alpha value is -1.42. The molecule has 2 saturated heterocycles. The number of rotatable bonds is 4. The highest BCUT2D eigenvalue weighted by Gasteiger charge is 2.43. The number of fused-ring (bicyclic) bond motifs is 1. The summed E-state index contributed by atoms with van der Waals surface area (Å²) in [5, 5.41) is 10.3. The molecule has 0 amide bonds. The molecule has 0 radical (unpaired) electrons. The minimum absolute atomic E-state index is 0.361. The molecule has 0 unspecified atom stereocenters. The predicted molar refractivity (Wildman–Crippen MR) is 97.8 cm³/mol. The first kappa shape index (κ1) is 17.0. The second-order valence-electron chi connectivity index (χ2n) is 7.07. The Balaban J connectivity index is 1.42. The van der Waals surface area contributed by atoms with Gasteiger partial charge in [-0.2, -0.15) is 0 Å². The number of pyridine rings is 1. The van der Waals surface area contributed by atoms with Gasteiger partial charge in [-0.15, -0.1) is 0 Å². The molecule has 2 aromatic rings. The van der Waals surface area contributed by atoms with Gasteiger partial charge in [0.05, 0.1) is 5.25 Å². The van der Waals surface area contributed by atoms with Crippen LogP contribution in [0.25, 0.3) is 11.0 Å². The topological polar surface area (TPSA) is 89.5 Å². The summed E-state index contributed by atoms with van der Waals surface area (Å²) in [7, 11) is -3.84. The molecule has 4 heterocycles. The van der Waals surface area contributed by atoms with Gasteiger partial charge in [0.2, 0.25) is 10.0 Å². The highest BCUT2D eigenvalue weighted by atomic mass is 32.2. The molecule has 25 heavy (non-hydrogen) atoms. The van der Waals surface area contributed by atoms with E-state index in [4.69, 9.17) is 0 Å². The molecule has 9 heteroatoms. The first-order chi connectivity index (χ1) is 12.0. The van der Waals surface area contributed by atoms with Crippen molar-refractivity contribution in [2.24, 2.45) is 0 Å². The van der Waals surface area contributed by atoms with E-state index in [9.17, 15) is 13.4 Å². The number of sulfonamides is 1. The SMILES string of the molecule is CB(O)N1CC(S(=O)(=O)N2CCC(c3c[nH]c4ncccc34)CC2)C1. The fourth-order valence-corrected chi connectivity index (χ4v) is 5.81. The maximum Gasteiger partial charge on any atom is 0.376 e. The van der Waals surface area contributed by atoms with Crippen LogP contribution in [0.5, 0.6) is 0 Å². The van der Waals surface area contributed by atoms with Gasteiger partial charge in [-0.1, -0.05) is 0 Å². The third-order valence-corrected chi connectivity index (χ3v) is 7.79. The van der Waals surface area contributed by atoms with Crippen molar-refractivity contribution in [2.45, 2.75) is 30.8 Å². The molecule has 0 atom stereocenters. The van der Waals surface area contributed by atoms with E-state index in [-0.39, 0.29) is 5.25 Å². The van der Waals surface area contributed by atoms with Crippen LogP contribution in [-0.4, -0.2) is 71.0 Å². The zero-order valence-electron chi connectivity index (χ0n) is 14.3. The van der Waals surface area contributed by atoms with Gasteiger partial charge in [-0.05, 0) is 43.3 Å². The monoisotopic (exact) mass is 362 g/mol. The maximum absolute atomic E-state index is 12.7. The summed E-state index contributed by atoms with van der Waals surface area (Å²) in [6, 6.07) is 4.00. The molecule has 0 spiro atoms. The fraction of sp³-hybridized carbons (Fsp3) is 0.562. The highest BCUT2D eigenvalue weighted by Crippen LogP contribution is 2.34. The van der Waals surface area contributed by atoms with Gasteiger partial charge >= 0.3 is 7.05 Å². The number of H-pyrrole nitrogens is 1. The molecule has 0 bridgehead atoms. The second-order valence-corrected chi connectivity index (χ2v) is 9.28. The van der Waals surface area contributed by atoms with Crippen molar-refractivity contribution in [1.82, 2.24) is 19.1 Å². The standard InChI is InChI=1S/C16H23BN4O3S/c1-17(22)20-10-13(11-20)25(23,24)21-7-4-12(5-8-21)15-9-19-16-14(15)3-2-6-18-16/h2-3,6,9,12-13,22H,4-5,7-8,10-11H2,1H3,(H,18,19). The van der Waals surface area contributed by atoms with Gasteiger partial charge < -0.3 is 14.8 Å². The van der Waals surface area contributed by atoms with Gasteiger partial charge in [-0.3, -0.25) is 0 Å². The number of piperidine rings is 1. The summed E-state index contributed by atoms with van der Waals surface area (Å²) in [6.07, 6.45) is 5.44. The molecule has 4 rings (SSSR count). The second kappa shape index (κ2) is 6.39. The number of nitrogens with one attached hydrogen (secondary N) is 1. The van der Waals surface area contributed by atoms with Crippen LogP contribution in [0.4, 0.5) is 0 Å². The lowest BCUT2D eigenvalue weighted by Crippen LogP contribution is -2.62. The summed E-state index contributed by atoms with van der Waals surface area (Å²) in [5.41, 5.74) is 2.13. The molecule has 2 aromatic heterocycles. The Kier molecular flexibility index (Phi) is 4.35. The summed E-state index contributed by atoms with van der Waals surface area (Å²) < 4.78 is 27.1. The third kappa shape index (κ3) is 2.99. The van der Waals surface area contributed by atoms with E-state index < -0.39 is 17.1 Å². The number of hydrogen-bond acceptors (Lipinski definition) is 5. The zero-order valence-corrected chi connectivity index (χ0v) is 15.1. The van der Waals surface area contributed by atoms with Crippen molar-refractivity contribution in [1.29, 1.82) is 0 Å². The Morgan fingerprint density at radius 3 is 2.72 bits per heavy atom. The van der Waals surface area contributed by atoms with Crippen molar-refractivity contribution in [3.63, 3.8) is 0 Å². The average Bonchev–Trinajstić information content (AvgIpc) is 2.97. The molecule has 7 nitrogen and oxygen atoms in total. The van der Waals surface area contributed by atoms with E-state index in [0.717, 1.165) is 23.9 Å². The smallest absolute Gasteiger partial charge is 0.376 e. The summed E-state index contributed by atoms with van der Waals surface area (Å²) in [4.78, 5) is 9.31. The Morgan fingerprint density at radius 2 is 2.04 bits per heavy atom. The molecule has 2 N–H and O–H groups in total. The van der Waals surface area contributed by atoms with Crippen LogP contribution in [0.3, 0.4) is 0 Å². The summed E-state index contributed by atoms with van der Waals surface area (Å²) >= 11 is 0. The Labute approximate surface area is 148 Å². The van der Waals surface area contributed by atoms with Crippen LogP contribution < -0.4 is 0 Å². The largest absolute Gasteiger partial charge is 0.437 e. The van der Waals surface area contributed by atoms with Gasteiger partial charge in [0.25, 0.3) is 0 Å². The van der Waals surface area contributed by atoms with Crippen molar-refractivity contribution in [2.75, 3.05) is 26.2 Å². The van der Waals surface area contributed by atoms with Crippen molar-refractivity contribution < 1.29 is 13.4 Å². The molecule has 134 valence electrons. The van der Waals surface area contributed by atoms with Crippen molar-refractivity contribution >= 4 is 28.1 Å². The van der Waals surface area contributed by atoms with Crippen LogP contribution in [0.15, 0.2) is 24.5 Å². The lowest BCUT2D eigenvalue weighted by molar-refractivity contribution is 0.254. The zero-order chi connectivity index (χ0) is 17.6. The Morgan fingerprint density at radius 1 is 1.32 bits per heavy atom. The first-order valence-electron chi connectivity index (χ1n) is 8.80. The minimum Gasteiger partial charge on any atom is -0.437 e. The van der Waals surface area contributed by atoms with Gasteiger partial charge in [0.1, 0.15) is 5.65 Å². The quantitative estimate of drug-likeness (QED) is 0.788. The maximum atomic E-state index is 12.7. The van der Waals surface area contributed by atoms with Gasteiger partial charge in [-0.25, -0.2) is 17.7 Å². The van der Waals surface area contributed by atoms with E-state index in [2.05, 4.69) is 16.0 Å². The average molecular weight is 362 g/mol. The van der Waals surface area contributed by atoms with Gasteiger partial charge in [0.15, 0.2) is 0 Å². The molecule has 2 aliphatic rings. The summed E-state index contributed by atoms with van der Waals surface area (Å²) in [6.45, 7) is 3.64. The first-order valence-corrected chi connectivity index (χ1v) is 10.3. The normalized spacial score (nSPS) is 21.5. The molecule has 2 fully saturated rings. The molecule has 0 aliphatic carbocycles. The highest BCUT2D eigenvalue weighted by molar-refractivity contribution is 7.89. The third-order valence-electron chi connectivity index (χ3n) is 5.56. The van der Waals surface area contributed by atoms with E-state index in [1.807, 2.05) is 12.3 Å². The fourth-order valence-electron chi connectivity index (χ4n) is 3.91. The van der Waals surface area contributed by atoms with E-state index in [0.29, 0.717) is 32.1 Å². The van der Waals surface area contributed by atoms with Gasteiger partial charge in [0, 0.05) is 44.0 Å². The van der Waals surface area contributed by atoms with Crippen molar-refractivity contribution in [3.05, 3.63) is 30.1 Å². The molecule has 2 aliphatic heterocycles. The van der Waals surface area contributed by atoms with Crippen LogP contribution >= 0.6 is 0 Å². The molecular weight excluding hydrogens is 339 g/mol. The lowest BCUT2D eigenvalue weighted by atomic mass is 9.81. The number of aromatic amines is 1. The molecular formula is C16H23BN4O3S. The van der Waals surface area contributed by atoms with Crippen LogP contribution in [-0.2, 0) is 10.0 Å². The van der Waals surface area contributed by atoms with Crippen molar-refractivity contribution in [3.8, 4) is 0 Å². The van der Waals surface area contributed by atoms with E-state index >= 15 is 0 Å². The van der Waals surface area contributed by atoms with Crippen LogP contribution in [0.2, 0.25) is 6.82 Å². The predicted octanol–water partition coefficient (Wildman–Crippen LogP) is 0.867. The minimum atomic E-state index is -3.27. The number of nitrogens with zero attached hydrogens (tertiary/aromatic N) is 3. The lowest BCUT2D eigenvalue weighted by Gasteiger charge is -2.43. The number of aromatic nitrogens is 2. The summed E-state index contributed by atoms with van der Waals surface area (Å²) in [5.74, 6) is 0.361. The van der Waals surface area contributed by atoms with E-state index in [1.165, 1.54) is 5.56 Å². The van der Waals surface area contributed by atoms with E-state index in [1.54, 1.807) is 22.1 Å². The number of hydrogen-bond donors (Lipinski definition) is 2. The van der Waals surface area contributed by atoms with Crippen LogP contribution in [0, 0.1) is 0 Å².